The van der Waals surface area contributed by atoms with Crippen molar-refractivity contribution < 1.29 is 9.53 Å². The van der Waals surface area contributed by atoms with Crippen LogP contribution in [-0.4, -0.2) is 26.0 Å². The van der Waals surface area contributed by atoms with E-state index < -0.39 is 0 Å². The van der Waals surface area contributed by atoms with Crippen LogP contribution >= 0.6 is 15.9 Å². The molecule has 0 aliphatic carbocycles. The van der Waals surface area contributed by atoms with Crippen LogP contribution in [0.5, 0.6) is 5.75 Å². The lowest BCUT2D eigenvalue weighted by Gasteiger charge is -2.36. The fourth-order valence-corrected chi connectivity index (χ4v) is 3.71. The molecular formula is C17H24BrNO2. The van der Waals surface area contributed by atoms with Crippen molar-refractivity contribution in [3.8, 4) is 5.75 Å². The number of piperidine rings is 1. The minimum atomic E-state index is -0.146. The van der Waals surface area contributed by atoms with Crippen molar-refractivity contribution in [3.05, 3.63) is 28.2 Å². The van der Waals surface area contributed by atoms with E-state index in [1.54, 1.807) is 7.11 Å². The topological polar surface area (TPSA) is 38.3 Å². The molecule has 0 radical (unpaired) electrons. The van der Waals surface area contributed by atoms with Gasteiger partial charge in [-0.2, -0.15) is 0 Å². The Kier molecular flexibility index (Phi) is 5.82. The van der Waals surface area contributed by atoms with Crippen molar-refractivity contribution in [3.63, 3.8) is 0 Å². The molecule has 1 heterocycles. The van der Waals surface area contributed by atoms with Crippen molar-refractivity contribution in [2.24, 2.45) is 5.41 Å². The Hall–Kier alpha value is -0.870. The number of methoxy groups -OCH3 is 1. The third-order valence-corrected chi connectivity index (χ3v) is 4.97. The zero-order chi connectivity index (χ0) is 15.3. The molecule has 0 unspecified atom stereocenters. The minimum Gasteiger partial charge on any atom is -0.496 e. The van der Waals surface area contributed by atoms with Crippen LogP contribution in [0.2, 0.25) is 0 Å². The molecular weight excluding hydrogens is 330 g/mol. The van der Waals surface area contributed by atoms with Crippen LogP contribution in [0, 0.1) is 5.41 Å². The molecule has 21 heavy (non-hydrogen) atoms. The second-order valence-corrected chi connectivity index (χ2v) is 6.75. The van der Waals surface area contributed by atoms with Crippen molar-refractivity contribution in [2.45, 2.75) is 39.0 Å². The van der Waals surface area contributed by atoms with E-state index in [0.717, 1.165) is 54.6 Å². The molecule has 1 aromatic rings. The van der Waals surface area contributed by atoms with Gasteiger partial charge in [0.2, 0.25) is 0 Å². The summed E-state index contributed by atoms with van der Waals surface area (Å²) in [5.41, 5.74) is 0.832. The average molecular weight is 354 g/mol. The highest BCUT2D eigenvalue weighted by atomic mass is 79.9. The van der Waals surface area contributed by atoms with Crippen LogP contribution < -0.4 is 10.1 Å². The first kappa shape index (κ1) is 16.5. The van der Waals surface area contributed by atoms with Gasteiger partial charge in [0.05, 0.1) is 7.11 Å². The molecule has 3 nitrogen and oxygen atoms in total. The third kappa shape index (κ3) is 3.86. The second-order valence-electron chi connectivity index (χ2n) is 5.84. The van der Waals surface area contributed by atoms with Gasteiger partial charge in [0.1, 0.15) is 11.5 Å². The molecule has 2 rings (SSSR count). The average Bonchev–Trinajstić information content (AvgIpc) is 2.49. The minimum absolute atomic E-state index is 0.146. The van der Waals surface area contributed by atoms with Crippen molar-refractivity contribution >= 4 is 21.7 Å². The SMILES string of the molecule is CCCC1(C(=O)Cc2cc(Br)ccc2OC)CCNCC1. The largest absolute Gasteiger partial charge is 0.496 e. The first-order valence-corrected chi connectivity index (χ1v) is 8.47. The Bertz CT molecular complexity index is 490. The van der Waals surface area contributed by atoms with Gasteiger partial charge in [-0.05, 0) is 50.6 Å². The molecule has 0 aromatic heterocycles. The van der Waals surface area contributed by atoms with E-state index in [1.165, 1.54) is 0 Å². The van der Waals surface area contributed by atoms with E-state index in [4.69, 9.17) is 4.74 Å². The van der Waals surface area contributed by atoms with Crippen LogP contribution in [0.3, 0.4) is 0 Å². The number of carbonyl (C=O) groups excluding carboxylic acids is 1. The standard InChI is InChI=1S/C17H24BrNO2/c1-3-6-17(7-9-19-10-8-17)16(20)12-13-11-14(18)4-5-15(13)21-2/h4-5,11,19H,3,6-10,12H2,1-2H3. The van der Waals surface area contributed by atoms with Gasteiger partial charge in [-0.25, -0.2) is 0 Å². The zero-order valence-corrected chi connectivity index (χ0v) is 14.5. The van der Waals surface area contributed by atoms with Crippen LogP contribution in [0.1, 0.15) is 38.2 Å². The fraction of sp³-hybridized carbons (Fsp3) is 0.588. The predicted octanol–water partition coefficient (Wildman–Crippen LogP) is 3.74. The Balaban J connectivity index is 2.20. The summed E-state index contributed by atoms with van der Waals surface area (Å²) < 4.78 is 6.38. The molecule has 1 aromatic carbocycles. The van der Waals surface area contributed by atoms with Crippen LogP contribution in [0.4, 0.5) is 0 Å². The quantitative estimate of drug-likeness (QED) is 0.846. The first-order valence-electron chi connectivity index (χ1n) is 7.68. The zero-order valence-electron chi connectivity index (χ0n) is 12.9. The monoisotopic (exact) mass is 353 g/mol. The van der Waals surface area contributed by atoms with Crippen LogP contribution in [0.25, 0.3) is 0 Å². The summed E-state index contributed by atoms with van der Waals surface area (Å²) in [4.78, 5) is 13.0. The van der Waals surface area contributed by atoms with E-state index in [0.29, 0.717) is 12.2 Å². The molecule has 0 spiro atoms. The highest BCUT2D eigenvalue weighted by Gasteiger charge is 2.38. The van der Waals surface area contributed by atoms with E-state index in [1.807, 2.05) is 18.2 Å². The Morgan fingerprint density at radius 2 is 2.10 bits per heavy atom. The van der Waals surface area contributed by atoms with Gasteiger partial charge in [-0.3, -0.25) is 4.79 Å². The number of rotatable bonds is 6. The number of hydrogen-bond donors (Lipinski definition) is 1. The lowest BCUT2D eigenvalue weighted by Crippen LogP contribution is -2.42. The molecule has 0 atom stereocenters. The Labute approximate surface area is 135 Å². The van der Waals surface area contributed by atoms with Crippen molar-refractivity contribution in [1.29, 1.82) is 0 Å². The number of ether oxygens (including phenoxy) is 1. The van der Waals surface area contributed by atoms with Gasteiger partial charge in [0, 0.05) is 21.9 Å². The van der Waals surface area contributed by atoms with Gasteiger partial charge in [0.15, 0.2) is 0 Å². The number of halogens is 1. The Morgan fingerprint density at radius 3 is 2.71 bits per heavy atom. The lowest BCUT2D eigenvalue weighted by molar-refractivity contribution is -0.130. The van der Waals surface area contributed by atoms with E-state index in [-0.39, 0.29) is 5.41 Å². The molecule has 116 valence electrons. The molecule has 0 bridgehead atoms. The van der Waals surface area contributed by atoms with Gasteiger partial charge < -0.3 is 10.1 Å². The van der Waals surface area contributed by atoms with Crippen molar-refractivity contribution in [2.75, 3.05) is 20.2 Å². The number of benzene rings is 1. The van der Waals surface area contributed by atoms with E-state index in [2.05, 4.69) is 28.2 Å². The number of Topliss-reactive ketones (excluding diaryl/α,β-unsaturated/α-hetero) is 1. The molecule has 0 amide bonds. The normalized spacial score (nSPS) is 17.5. The first-order chi connectivity index (χ1) is 10.1. The predicted molar refractivity (Wildman–Crippen MR) is 88.8 cm³/mol. The molecule has 1 aliphatic heterocycles. The number of ketones is 1. The summed E-state index contributed by atoms with van der Waals surface area (Å²) in [6.07, 6.45) is 4.42. The van der Waals surface area contributed by atoms with Gasteiger partial charge >= 0.3 is 0 Å². The summed E-state index contributed by atoms with van der Waals surface area (Å²) in [5.74, 6) is 1.16. The van der Waals surface area contributed by atoms with Crippen LogP contribution in [-0.2, 0) is 11.2 Å². The van der Waals surface area contributed by atoms with E-state index >= 15 is 0 Å². The molecule has 1 saturated heterocycles. The summed E-state index contributed by atoms with van der Waals surface area (Å²) in [5, 5.41) is 3.36. The molecule has 1 N–H and O–H groups in total. The van der Waals surface area contributed by atoms with Gasteiger partial charge in [-0.1, -0.05) is 29.3 Å². The van der Waals surface area contributed by atoms with Crippen molar-refractivity contribution in [1.82, 2.24) is 5.32 Å². The molecule has 0 saturated carbocycles. The summed E-state index contributed by atoms with van der Waals surface area (Å²) >= 11 is 3.48. The van der Waals surface area contributed by atoms with Gasteiger partial charge in [-0.15, -0.1) is 0 Å². The molecule has 1 aliphatic rings. The maximum atomic E-state index is 13.0. The maximum Gasteiger partial charge on any atom is 0.143 e. The number of nitrogens with one attached hydrogen (secondary N) is 1. The second kappa shape index (κ2) is 7.41. The molecule has 1 fully saturated rings. The lowest BCUT2D eigenvalue weighted by atomic mass is 9.70. The summed E-state index contributed by atoms with van der Waals surface area (Å²) in [7, 11) is 1.66. The Morgan fingerprint density at radius 1 is 1.38 bits per heavy atom. The molecule has 4 heteroatoms. The highest BCUT2D eigenvalue weighted by molar-refractivity contribution is 9.10. The third-order valence-electron chi connectivity index (χ3n) is 4.47. The van der Waals surface area contributed by atoms with E-state index in [9.17, 15) is 4.79 Å². The maximum absolute atomic E-state index is 13.0. The number of carbonyl (C=O) groups is 1. The summed E-state index contributed by atoms with van der Waals surface area (Å²) in [6, 6.07) is 5.86. The number of hydrogen-bond acceptors (Lipinski definition) is 3. The van der Waals surface area contributed by atoms with Crippen LogP contribution in [0.15, 0.2) is 22.7 Å². The summed E-state index contributed by atoms with van der Waals surface area (Å²) in [6.45, 7) is 4.06. The fourth-order valence-electron chi connectivity index (χ4n) is 3.30. The van der Waals surface area contributed by atoms with Gasteiger partial charge in [0.25, 0.3) is 0 Å². The highest BCUT2D eigenvalue weighted by Crippen LogP contribution is 2.37. The smallest absolute Gasteiger partial charge is 0.143 e.